The van der Waals surface area contributed by atoms with Gasteiger partial charge < -0.3 is 15.0 Å². The number of carbonyl (C=O) groups is 1. The van der Waals surface area contributed by atoms with Gasteiger partial charge in [0, 0.05) is 26.8 Å². The van der Waals surface area contributed by atoms with Crippen LogP contribution in [0, 0.1) is 12.7 Å². The third-order valence-electron chi connectivity index (χ3n) is 3.90. The smallest absolute Gasteiger partial charge is 0.322 e. The Morgan fingerprint density at radius 3 is 2.60 bits per heavy atom. The first-order valence-corrected chi connectivity index (χ1v) is 8.45. The van der Waals surface area contributed by atoms with Crippen molar-refractivity contribution >= 4 is 11.7 Å². The fourth-order valence-electron chi connectivity index (χ4n) is 2.52. The van der Waals surface area contributed by atoms with Crippen LogP contribution in [-0.4, -0.2) is 31.2 Å². The van der Waals surface area contributed by atoms with Gasteiger partial charge in [0.2, 0.25) is 0 Å². The van der Waals surface area contributed by atoms with Crippen LogP contribution >= 0.6 is 0 Å². The molecule has 0 aliphatic heterocycles. The number of ether oxygens (including phenoxy) is 1. The Morgan fingerprint density at radius 1 is 1.16 bits per heavy atom. The lowest BCUT2D eigenvalue weighted by molar-refractivity contribution is 0.182. The van der Waals surface area contributed by atoms with Crippen molar-refractivity contribution in [2.45, 2.75) is 26.3 Å². The third kappa shape index (κ3) is 6.19. The van der Waals surface area contributed by atoms with Crippen molar-refractivity contribution in [2.75, 3.05) is 25.6 Å². The Kier molecular flexibility index (Phi) is 7.41. The molecule has 0 aliphatic carbocycles. The average molecular weight is 344 g/mol. The molecule has 0 aromatic heterocycles. The molecule has 0 atom stereocenters. The number of methoxy groups -OCH3 is 1. The molecule has 0 aliphatic rings. The van der Waals surface area contributed by atoms with E-state index in [1.54, 1.807) is 24.1 Å². The van der Waals surface area contributed by atoms with Crippen molar-refractivity contribution < 1.29 is 13.9 Å². The van der Waals surface area contributed by atoms with Crippen LogP contribution in [0.15, 0.2) is 48.5 Å². The van der Waals surface area contributed by atoms with E-state index in [2.05, 4.69) is 5.32 Å². The molecule has 2 amide bonds. The number of urea groups is 1. The first-order chi connectivity index (χ1) is 12.1. The number of nitrogens with zero attached hydrogens (tertiary/aromatic N) is 1. The van der Waals surface area contributed by atoms with E-state index in [1.807, 2.05) is 37.3 Å². The Labute approximate surface area is 148 Å². The Balaban J connectivity index is 2.05. The summed E-state index contributed by atoms with van der Waals surface area (Å²) >= 11 is 0. The molecule has 4 nitrogen and oxygen atoms in total. The van der Waals surface area contributed by atoms with Gasteiger partial charge in [-0.05, 0) is 43.0 Å². The summed E-state index contributed by atoms with van der Waals surface area (Å²) in [4.78, 5) is 14.3. The summed E-state index contributed by atoms with van der Waals surface area (Å²) in [7, 11) is 1.66. The maximum atomic E-state index is 14.0. The zero-order chi connectivity index (χ0) is 18.1. The molecule has 0 bridgehead atoms. The minimum Gasteiger partial charge on any atom is -0.385 e. The fourth-order valence-corrected chi connectivity index (χ4v) is 2.52. The number of amides is 2. The zero-order valence-corrected chi connectivity index (χ0v) is 14.8. The van der Waals surface area contributed by atoms with Gasteiger partial charge in [0.1, 0.15) is 5.82 Å². The summed E-state index contributed by atoms with van der Waals surface area (Å²) in [5, 5.41) is 2.68. The van der Waals surface area contributed by atoms with Crippen molar-refractivity contribution in [3.8, 4) is 0 Å². The van der Waals surface area contributed by atoms with Gasteiger partial charge in [0.25, 0.3) is 0 Å². The molecule has 2 aromatic rings. The predicted molar refractivity (Wildman–Crippen MR) is 98.1 cm³/mol. The normalized spacial score (nSPS) is 10.5. The molecular weight excluding hydrogens is 319 g/mol. The SMILES string of the molecule is COCCCCN(Cc1ccccc1)C(=O)Nc1ccc(C)cc1F. The minimum absolute atomic E-state index is 0.200. The summed E-state index contributed by atoms with van der Waals surface area (Å²) in [6, 6.07) is 14.2. The lowest BCUT2D eigenvalue weighted by Crippen LogP contribution is -2.35. The molecule has 1 N–H and O–H groups in total. The quantitative estimate of drug-likeness (QED) is 0.711. The predicted octanol–water partition coefficient (Wildman–Crippen LogP) is 4.59. The highest BCUT2D eigenvalue weighted by Gasteiger charge is 2.15. The van der Waals surface area contributed by atoms with Gasteiger partial charge in [0.15, 0.2) is 0 Å². The Hall–Kier alpha value is -2.40. The van der Waals surface area contributed by atoms with Gasteiger partial charge in [-0.1, -0.05) is 36.4 Å². The van der Waals surface area contributed by atoms with Gasteiger partial charge in [-0.25, -0.2) is 9.18 Å². The second kappa shape index (κ2) is 9.79. The van der Waals surface area contributed by atoms with Crippen LogP contribution in [0.4, 0.5) is 14.9 Å². The van der Waals surface area contributed by atoms with E-state index in [4.69, 9.17) is 4.74 Å². The second-order valence-electron chi connectivity index (χ2n) is 6.02. The molecule has 0 fully saturated rings. The minimum atomic E-state index is -0.424. The summed E-state index contributed by atoms with van der Waals surface area (Å²) in [5.74, 6) is -0.424. The molecule has 0 spiro atoms. The molecule has 0 saturated carbocycles. The number of benzene rings is 2. The number of hydrogen-bond acceptors (Lipinski definition) is 2. The molecule has 0 unspecified atom stereocenters. The third-order valence-corrected chi connectivity index (χ3v) is 3.90. The summed E-state index contributed by atoms with van der Waals surface area (Å²) in [6.45, 7) is 3.53. The number of rotatable bonds is 8. The second-order valence-corrected chi connectivity index (χ2v) is 6.02. The number of nitrogens with one attached hydrogen (secondary N) is 1. The molecule has 134 valence electrons. The van der Waals surface area contributed by atoms with Crippen LogP contribution < -0.4 is 5.32 Å². The van der Waals surface area contributed by atoms with Crippen molar-refractivity contribution in [2.24, 2.45) is 0 Å². The largest absolute Gasteiger partial charge is 0.385 e. The van der Waals surface area contributed by atoms with Gasteiger partial charge in [0.05, 0.1) is 5.69 Å². The summed E-state index contributed by atoms with van der Waals surface area (Å²) in [5.41, 5.74) is 2.05. The molecule has 25 heavy (non-hydrogen) atoms. The van der Waals surface area contributed by atoms with Gasteiger partial charge in [-0.2, -0.15) is 0 Å². The van der Waals surface area contributed by atoms with E-state index in [1.165, 1.54) is 6.07 Å². The molecule has 2 rings (SSSR count). The van der Waals surface area contributed by atoms with E-state index in [0.29, 0.717) is 19.7 Å². The van der Waals surface area contributed by atoms with E-state index in [0.717, 1.165) is 24.0 Å². The average Bonchev–Trinajstić information content (AvgIpc) is 2.61. The number of unbranched alkanes of at least 4 members (excludes halogenated alkanes) is 1. The molecule has 5 heteroatoms. The fraction of sp³-hybridized carbons (Fsp3) is 0.350. The van der Waals surface area contributed by atoms with Crippen LogP contribution in [0.5, 0.6) is 0 Å². The van der Waals surface area contributed by atoms with Crippen LogP contribution in [0.2, 0.25) is 0 Å². The number of aryl methyl sites for hydroxylation is 1. The van der Waals surface area contributed by atoms with E-state index in [9.17, 15) is 9.18 Å². The zero-order valence-electron chi connectivity index (χ0n) is 14.8. The highest BCUT2D eigenvalue weighted by atomic mass is 19.1. The topological polar surface area (TPSA) is 41.6 Å². The highest BCUT2D eigenvalue weighted by molar-refractivity contribution is 5.89. The standard InChI is InChI=1S/C20H25FN2O2/c1-16-10-11-19(18(21)14-16)22-20(24)23(12-6-7-13-25-2)15-17-8-4-3-5-9-17/h3-5,8-11,14H,6-7,12-13,15H2,1-2H3,(H,22,24). The Bertz CT molecular complexity index is 677. The maximum Gasteiger partial charge on any atom is 0.322 e. The van der Waals surface area contributed by atoms with Crippen LogP contribution in [-0.2, 0) is 11.3 Å². The van der Waals surface area contributed by atoms with Crippen LogP contribution in [0.3, 0.4) is 0 Å². The van der Waals surface area contributed by atoms with Crippen LogP contribution in [0.1, 0.15) is 24.0 Å². The van der Waals surface area contributed by atoms with Crippen molar-refractivity contribution in [3.63, 3.8) is 0 Å². The first kappa shape index (κ1) is 18.9. The number of halogens is 1. The lowest BCUT2D eigenvalue weighted by Gasteiger charge is -2.23. The summed E-state index contributed by atoms with van der Waals surface area (Å²) < 4.78 is 19.1. The highest BCUT2D eigenvalue weighted by Crippen LogP contribution is 2.17. The number of carbonyl (C=O) groups excluding carboxylic acids is 1. The number of anilines is 1. The van der Waals surface area contributed by atoms with Gasteiger partial charge in [-0.15, -0.1) is 0 Å². The molecule has 0 heterocycles. The molecular formula is C20H25FN2O2. The van der Waals surface area contributed by atoms with Crippen molar-refractivity contribution in [1.82, 2.24) is 4.90 Å². The Morgan fingerprint density at radius 2 is 1.92 bits per heavy atom. The first-order valence-electron chi connectivity index (χ1n) is 8.45. The monoisotopic (exact) mass is 344 g/mol. The van der Waals surface area contributed by atoms with Crippen molar-refractivity contribution in [1.29, 1.82) is 0 Å². The van der Waals surface area contributed by atoms with Crippen molar-refractivity contribution in [3.05, 3.63) is 65.5 Å². The van der Waals surface area contributed by atoms with Gasteiger partial charge in [-0.3, -0.25) is 0 Å². The maximum absolute atomic E-state index is 14.0. The molecule has 0 radical (unpaired) electrons. The van der Waals surface area contributed by atoms with Crippen LogP contribution in [0.25, 0.3) is 0 Å². The van der Waals surface area contributed by atoms with E-state index < -0.39 is 5.82 Å². The number of hydrogen-bond donors (Lipinski definition) is 1. The molecule has 0 saturated heterocycles. The molecule has 2 aromatic carbocycles. The van der Waals surface area contributed by atoms with Gasteiger partial charge >= 0.3 is 6.03 Å². The summed E-state index contributed by atoms with van der Waals surface area (Å²) in [6.07, 6.45) is 1.69. The lowest BCUT2D eigenvalue weighted by atomic mass is 10.2. The van der Waals surface area contributed by atoms with E-state index in [-0.39, 0.29) is 11.7 Å². The van der Waals surface area contributed by atoms with E-state index >= 15 is 0 Å².